The van der Waals surface area contributed by atoms with Crippen molar-refractivity contribution < 1.29 is 13.6 Å². The van der Waals surface area contributed by atoms with E-state index in [0.717, 1.165) is 34.4 Å². The van der Waals surface area contributed by atoms with Gasteiger partial charge in [-0.05, 0) is 23.3 Å². The van der Waals surface area contributed by atoms with Gasteiger partial charge in [0, 0.05) is 25.3 Å². The number of oxazole rings is 1. The monoisotopic (exact) mass is 309 g/mol. The maximum atomic E-state index is 13.0. The van der Waals surface area contributed by atoms with Crippen LogP contribution in [-0.2, 0) is 11.2 Å². The molecule has 3 aromatic rings. The second kappa shape index (κ2) is 6.57. The van der Waals surface area contributed by atoms with Gasteiger partial charge in [0.15, 0.2) is 5.89 Å². The summed E-state index contributed by atoms with van der Waals surface area (Å²) >= 11 is 0. The Kier molecular flexibility index (Phi) is 4.33. The van der Waals surface area contributed by atoms with E-state index in [1.165, 1.54) is 12.1 Å². The SMILES string of the molecule is Cc1nc(-c2ccc(-c3ccc(F)cc3)cc2)c(CCC=O)o1. The third kappa shape index (κ3) is 3.37. The van der Waals surface area contributed by atoms with Crippen molar-refractivity contribution in [3.63, 3.8) is 0 Å². The number of benzene rings is 2. The van der Waals surface area contributed by atoms with Crippen molar-refractivity contribution in [2.45, 2.75) is 19.8 Å². The Morgan fingerprint density at radius 2 is 1.57 bits per heavy atom. The predicted molar refractivity (Wildman–Crippen MR) is 86.5 cm³/mol. The molecule has 0 saturated carbocycles. The van der Waals surface area contributed by atoms with Gasteiger partial charge in [0.1, 0.15) is 23.6 Å². The topological polar surface area (TPSA) is 43.1 Å². The average Bonchev–Trinajstić information content (AvgIpc) is 2.94. The lowest BCUT2D eigenvalue weighted by molar-refractivity contribution is -0.107. The largest absolute Gasteiger partial charge is 0.445 e. The standard InChI is InChI=1S/C19H16FNO2/c1-13-21-19(18(23-13)3-2-12-22)16-6-4-14(5-7-16)15-8-10-17(20)11-9-15/h4-12H,2-3H2,1H3. The molecule has 0 atom stereocenters. The van der Waals surface area contributed by atoms with E-state index in [-0.39, 0.29) is 5.82 Å². The summed E-state index contributed by atoms with van der Waals surface area (Å²) in [5.74, 6) is 1.07. The van der Waals surface area contributed by atoms with Crippen molar-refractivity contribution in [1.29, 1.82) is 0 Å². The molecule has 116 valence electrons. The molecule has 2 aromatic carbocycles. The Hall–Kier alpha value is -2.75. The van der Waals surface area contributed by atoms with Crippen molar-refractivity contribution in [3.05, 3.63) is 66.0 Å². The van der Waals surface area contributed by atoms with Crippen molar-refractivity contribution in [2.75, 3.05) is 0 Å². The summed E-state index contributed by atoms with van der Waals surface area (Å²) in [5.41, 5.74) is 3.67. The van der Waals surface area contributed by atoms with Crippen LogP contribution in [0, 0.1) is 12.7 Å². The molecule has 0 aliphatic carbocycles. The molecule has 23 heavy (non-hydrogen) atoms. The molecule has 0 saturated heterocycles. The number of hydrogen-bond donors (Lipinski definition) is 0. The molecule has 0 amide bonds. The maximum Gasteiger partial charge on any atom is 0.191 e. The highest BCUT2D eigenvalue weighted by Gasteiger charge is 2.13. The minimum atomic E-state index is -0.247. The molecule has 3 rings (SSSR count). The first-order valence-electron chi connectivity index (χ1n) is 7.43. The van der Waals surface area contributed by atoms with Crippen LogP contribution < -0.4 is 0 Å². The molecule has 0 N–H and O–H groups in total. The van der Waals surface area contributed by atoms with E-state index in [2.05, 4.69) is 4.98 Å². The molecule has 4 heteroatoms. The fourth-order valence-corrected chi connectivity index (χ4v) is 2.52. The van der Waals surface area contributed by atoms with Crippen LogP contribution in [0.3, 0.4) is 0 Å². The Morgan fingerprint density at radius 3 is 2.17 bits per heavy atom. The Balaban J connectivity index is 1.90. The van der Waals surface area contributed by atoms with E-state index < -0.39 is 0 Å². The molecule has 0 fully saturated rings. The molecule has 0 aliphatic heterocycles. The van der Waals surface area contributed by atoms with Crippen molar-refractivity contribution in [2.24, 2.45) is 0 Å². The highest BCUT2D eigenvalue weighted by atomic mass is 19.1. The van der Waals surface area contributed by atoms with E-state index >= 15 is 0 Å². The highest BCUT2D eigenvalue weighted by molar-refractivity contribution is 5.69. The molecule has 0 spiro atoms. The van der Waals surface area contributed by atoms with E-state index in [1.54, 1.807) is 19.1 Å². The number of rotatable bonds is 5. The highest BCUT2D eigenvalue weighted by Crippen LogP contribution is 2.28. The van der Waals surface area contributed by atoms with Gasteiger partial charge in [-0.3, -0.25) is 0 Å². The zero-order valence-corrected chi connectivity index (χ0v) is 12.8. The summed E-state index contributed by atoms with van der Waals surface area (Å²) in [6.45, 7) is 1.79. The quantitative estimate of drug-likeness (QED) is 0.647. The van der Waals surface area contributed by atoms with Gasteiger partial charge in [-0.1, -0.05) is 36.4 Å². The Bertz CT molecular complexity index is 804. The summed E-state index contributed by atoms with van der Waals surface area (Å²) < 4.78 is 18.6. The Morgan fingerprint density at radius 1 is 1.00 bits per heavy atom. The lowest BCUT2D eigenvalue weighted by Crippen LogP contribution is -1.88. The van der Waals surface area contributed by atoms with Crippen LogP contribution in [0.1, 0.15) is 18.1 Å². The zero-order valence-electron chi connectivity index (χ0n) is 12.8. The van der Waals surface area contributed by atoms with Crippen LogP contribution in [0.2, 0.25) is 0 Å². The third-order valence-electron chi connectivity index (χ3n) is 3.63. The summed E-state index contributed by atoms with van der Waals surface area (Å²) in [4.78, 5) is 15.0. The maximum absolute atomic E-state index is 13.0. The van der Waals surface area contributed by atoms with Gasteiger partial charge in [0.25, 0.3) is 0 Å². The zero-order chi connectivity index (χ0) is 16.2. The smallest absolute Gasteiger partial charge is 0.191 e. The second-order valence-corrected chi connectivity index (χ2v) is 5.29. The molecule has 3 nitrogen and oxygen atoms in total. The van der Waals surface area contributed by atoms with Gasteiger partial charge in [-0.2, -0.15) is 0 Å². The number of halogens is 1. The molecular weight excluding hydrogens is 293 g/mol. The molecule has 1 heterocycles. The second-order valence-electron chi connectivity index (χ2n) is 5.29. The van der Waals surface area contributed by atoms with Gasteiger partial charge >= 0.3 is 0 Å². The summed E-state index contributed by atoms with van der Waals surface area (Å²) in [6.07, 6.45) is 1.83. The lowest BCUT2D eigenvalue weighted by Gasteiger charge is -2.04. The average molecular weight is 309 g/mol. The predicted octanol–water partition coefficient (Wildman–Crippen LogP) is 4.59. The molecule has 0 radical (unpaired) electrons. The van der Waals surface area contributed by atoms with E-state index in [4.69, 9.17) is 4.42 Å². The van der Waals surface area contributed by atoms with Gasteiger partial charge < -0.3 is 9.21 Å². The number of hydrogen-bond acceptors (Lipinski definition) is 3. The van der Waals surface area contributed by atoms with Crippen LogP contribution in [0.15, 0.2) is 52.9 Å². The number of carbonyl (C=O) groups is 1. The summed E-state index contributed by atoms with van der Waals surface area (Å²) in [6, 6.07) is 14.2. The first-order chi connectivity index (χ1) is 11.2. The molecule has 1 aromatic heterocycles. The minimum Gasteiger partial charge on any atom is -0.445 e. The summed E-state index contributed by atoms with van der Waals surface area (Å²) in [7, 11) is 0. The minimum absolute atomic E-state index is 0.247. The molecule has 0 aliphatic rings. The van der Waals surface area contributed by atoms with E-state index in [0.29, 0.717) is 18.7 Å². The molecular formula is C19H16FNO2. The number of carbonyl (C=O) groups excluding carboxylic acids is 1. The number of nitrogens with zero attached hydrogens (tertiary/aromatic N) is 1. The van der Waals surface area contributed by atoms with Crippen LogP contribution in [0.25, 0.3) is 22.4 Å². The fraction of sp³-hybridized carbons (Fsp3) is 0.158. The number of aromatic nitrogens is 1. The Labute approximate surface area is 133 Å². The first kappa shape index (κ1) is 15.2. The van der Waals surface area contributed by atoms with Gasteiger partial charge in [0.2, 0.25) is 0 Å². The summed E-state index contributed by atoms with van der Waals surface area (Å²) in [5, 5.41) is 0. The molecule has 0 unspecified atom stereocenters. The number of aryl methyl sites for hydroxylation is 2. The first-order valence-corrected chi connectivity index (χ1v) is 7.43. The van der Waals surface area contributed by atoms with Crippen LogP contribution in [-0.4, -0.2) is 11.3 Å². The number of aldehydes is 1. The van der Waals surface area contributed by atoms with Crippen molar-refractivity contribution in [1.82, 2.24) is 4.98 Å². The third-order valence-corrected chi connectivity index (χ3v) is 3.63. The van der Waals surface area contributed by atoms with Crippen molar-refractivity contribution in [3.8, 4) is 22.4 Å². The van der Waals surface area contributed by atoms with Crippen LogP contribution in [0.5, 0.6) is 0 Å². The van der Waals surface area contributed by atoms with E-state index in [1.807, 2.05) is 24.3 Å². The lowest BCUT2D eigenvalue weighted by atomic mass is 10.0. The van der Waals surface area contributed by atoms with Crippen molar-refractivity contribution >= 4 is 6.29 Å². The normalized spacial score (nSPS) is 10.7. The van der Waals surface area contributed by atoms with Crippen LogP contribution in [0.4, 0.5) is 4.39 Å². The van der Waals surface area contributed by atoms with Crippen LogP contribution >= 0.6 is 0 Å². The van der Waals surface area contributed by atoms with Gasteiger partial charge in [-0.15, -0.1) is 0 Å². The molecule has 0 bridgehead atoms. The van der Waals surface area contributed by atoms with Gasteiger partial charge in [0.05, 0.1) is 0 Å². The fourth-order valence-electron chi connectivity index (χ4n) is 2.52. The van der Waals surface area contributed by atoms with Gasteiger partial charge in [-0.25, -0.2) is 9.37 Å². The van der Waals surface area contributed by atoms with E-state index in [9.17, 15) is 9.18 Å².